The largest absolute Gasteiger partial charge is 0.490 e. The summed E-state index contributed by atoms with van der Waals surface area (Å²) in [5.74, 6) is -0.187. The van der Waals surface area contributed by atoms with Gasteiger partial charge in [0.1, 0.15) is 0 Å². The van der Waals surface area contributed by atoms with Crippen molar-refractivity contribution >= 4 is 27.3 Å². The van der Waals surface area contributed by atoms with E-state index in [1.807, 2.05) is 13.8 Å². The monoisotopic (exact) mass is 407 g/mol. The van der Waals surface area contributed by atoms with Gasteiger partial charge in [-0.1, -0.05) is 0 Å². The highest BCUT2D eigenvalue weighted by Gasteiger charge is 2.22. The van der Waals surface area contributed by atoms with Crippen LogP contribution in [0.25, 0.3) is 0 Å². The molecule has 10 heteroatoms. The number of nitrogens with zero attached hydrogens (tertiary/aromatic N) is 2. The normalized spacial score (nSPS) is 11.0. The van der Waals surface area contributed by atoms with Gasteiger partial charge in [-0.2, -0.15) is 0 Å². The van der Waals surface area contributed by atoms with E-state index in [1.54, 1.807) is 4.90 Å². The van der Waals surface area contributed by atoms with Gasteiger partial charge in [-0.25, -0.2) is 8.42 Å². The molecule has 2 aromatic rings. The van der Waals surface area contributed by atoms with Crippen molar-refractivity contribution in [2.45, 2.75) is 18.7 Å². The molecule has 2 aromatic carbocycles. The number of benzene rings is 2. The summed E-state index contributed by atoms with van der Waals surface area (Å²) in [7, 11) is -2.80. The number of hydrogen-bond acceptors (Lipinski definition) is 6. The van der Waals surface area contributed by atoms with Gasteiger partial charge in [-0.3, -0.25) is 19.6 Å². The molecule has 0 spiro atoms. The number of hydrogen-bond donors (Lipinski definition) is 1. The Kier molecular flexibility index (Phi) is 6.57. The van der Waals surface area contributed by atoms with E-state index in [2.05, 4.69) is 4.72 Å². The first-order valence-electron chi connectivity index (χ1n) is 8.48. The van der Waals surface area contributed by atoms with E-state index >= 15 is 0 Å². The third-order valence-electron chi connectivity index (χ3n) is 4.09. The van der Waals surface area contributed by atoms with Gasteiger partial charge in [-0.05, 0) is 50.2 Å². The number of carbonyl (C=O) groups excluding carboxylic acids is 1. The van der Waals surface area contributed by atoms with Gasteiger partial charge in [0.05, 0.1) is 16.9 Å². The Balaban J connectivity index is 2.26. The number of ether oxygens (including phenoxy) is 1. The molecule has 0 atom stereocenters. The van der Waals surface area contributed by atoms with Crippen LogP contribution in [0.3, 0.4) is 0 Å². The molecule has 0 aliphatic heterocycles. The van der Waals surface area contributed by atoms with Gasteiger partial charge in [0.25, 0.3) is 15.9 Å². The molecule has 0 saturated carbocycles. The lowest BCUT2D eigenvalue weighted by atomic mass is 10.2. The molecule has 1 amide bonds. The van der Waals surface area contributed by atoms with Crippen LogP contribution < -0.4 is 9.46 Å². The maximum atomic E-state index is 12.5. The summed E-state index contributed by atoms with van der Waals surface area (Å²) in [6.07, 6.45) is 0. The Morgan fingerprint density at radius 3 is 2.25 bits per heavy atom. The Bertz CT molecular complexity index is 969. The van der Waals surface area contributed by atoms with Gasteiger partial charge in [0, 0.05) is 30.4 Å². The molecule has 0 aliphatic carbocycles. The SMILES string of the molecule is CCN(CC)C(=O)c1ccc(NS(=O)(=O)c2ccc(OC)c([N+](=O)[O-])c2)cc1. The van der Waals surface area contributed by atoms with E-state index < -0.39 is 20.6 Å². The Morgan fingerprint density at radius 1 is 1.14 bits per heavy atom. The maximum absolute atomic E-state index is 12.5. The molecule has 1 N–H and O–H groups in total. The number of sulfonamides is 1. The lowest BCUT2D eigenvalue weighted by Gasteiger charge is -2.18. The highest BCUT2D eigenvalue weighted by molar-refractivity contribution is 7.92. The van der Waals surface area contributed by atoms with E-state index in [0.717, 1.165) is 6.07 Å². The summed E-state index contributed by atoms with van der Waals surface area (Å²) in [6.45, 7) is 4.88. The van der Waals surface area contributed by atoms with Gasteiger partial charge in [-0.15, -0.1) is 0 Å². The number of carbonyl (C=O) groups is 1. The molecular formula is C18H21N3O6S. The van der Waals surface area contributed by atoms with Gasteiger partial charge in [0.2, 0.25) is 0 Å². The summed E-state index contributed by atoms with van der Waals surface area (Å²) < 4.78 is 32.3. The summed E-state index contributed by atoms with van der Waals surface area (Å²) in [6, 6.07) is 9.34. The molecule has 2 rings (SSSR count). The van der Waals surface area contributed by atoms with Crippen LogP contribution in [0.2, 0.25) is 0 Å². The van der Waals surface area contributed by atoms with E-state index in [0.29, 0.717) is 18.7 Å². The van der Waals surface area contributed by atoms with Crippen LogP contribution in [-0.4, -0.2) is 44.3 Å². The fourth-order valence-electron chi connectivity index (χ4n) is 2.57. The summed E-state index contributed by atoms with van der Waals surface area (Å²) in [5.41, 5.74) is 0.215. The van der Waals surface area contributed by atoms with Gasteiger partial charge < -0.3 is 9.64 Å². The first kappa shape index (κ1) is 21.2. The number of methoxy groups -OCH3 is 1. The van der Waals surface area contributed by atoms with Gasteiger partial charge >= 0.3 is 5.69 Å². The van der Waals surface area contributed by atoms with E-state index in [4.69, 9.17) is 4.74 Å². The van der Waals surface area contributed by atoms with Crippen molar-refractivity contribution < 1.29 is 22.9 Å². The summed E-state index contributed by atoms with van der Waals surface area (Å²) >= 11 is 0. The topological polar surface area (TPSA) is 119 Å². The zero-order chi connectivity index (χ0) is 20.9. The van der Waals surface area contributed by atoms with Crippen molar-refractivity contribution in [1.82, 2.24) is 4.90 Å². The quantitative estimate of drug-likeness (QED) is 0.531. The van der Waals surface area contributed by atoms with Crippen molar-refractivity contribution in [3.63, 3.8) is 0 Å². The van der Waals surface area contributed by atoms with Crippen LogP contribution in [0.5, 0.6) is 5.75 Å². The number of nitrogens with one attached hydrogen (secondary N) is 1. The number of anilines is 1. The van der Waals surface area contributed by atoms with Crippen LogP contribution >= 0.6 is 0 Å². The van der Waals surface area contributed by atoms with Crippen LogP contribution in [-0.2, 0) is 10.0 Å². The highest BCUT2D eigenvalue weighted by atomic mass is 32.2. The molecule has 150 valence electrons. The molecule has 0 saturated heterocycles. The lowest BCUT2D eigenvalue weighted by molar-refractivity contribution is -0.386. The maximum Gasteiger partial charge on any atom is 0.312 e. The van der Waals surface area contributed by atoms with Crippen LogP contribution in [0.4, 0.5) is 11.4 Å². The van der Waals surface area contributed by atoms with Gasteiger partial charge in [0.15, 0.2) is 5.75 Å². The molecule has 0 fully saturated rings. The minimum Gasteiger partial charge on any atom is -0.490 e. The molecule has 0 heterocycles. The van der Waals surface area contributed by atoms with Crippen molar-refractivity contribution in [3.05, 3.63) is 58.1 Å². The zero-order valence-electron chi connectivity index (χ0n) is 15.7. The Hall–Kier alpha value is -3.14. The molecule has 0 unspecified atom stereocenters. The minimum atomic E-state index is -4.06. The van der Waals surface area contributed by atoms with Crippen molar-refractivity contribution in [2.24, 2.45) is 0 Å². The Labute approximate surface area is 163 Å². The smallest absolute Gasteiger partial charge is 0.312 e. The second-order valence-corrected chi connectivity index (χ2v) is 7.43. The zero-order valence-corrected chi connectivity index (χ0v) is 16.5. The predicted octanol–water partition coefficient (Wildman–Crippen LogP) is 2.89. The van der Waals surface area contributed by atoms with E-state index in [-0.39, 0.29) is 22.2 Å². The molecule has 28 heavy (non-hydrogen) atoms. The molecule has 0 aromatic heterocycles. The second kappa shape index (κ2) is 8.70. The predicted molar refractivity (Wildman–Crippen MR) is 104 cm³/mol. The molecule has 0 bridgehead atoms. The highest BCUT2D eigenvalue weighted by Crippen LogP contribution is 2.30. The van der Waals surface area contributed by atoms with Crippen molar-refractivity contribution in [3.8, 4) is 5.75 Å². The molecule has 0 aliphatic rings. The standard InChI is InChI=1S/C18H21N3O6S/c1-4-20(5-2)18(22)13-6-8-14(9-7-13)19-28(25,26)15-10-11-17(27-3)16(12-15)21(23)24/h6-12,19H,4-5H2,1-3H3. The summed E-state index contributed by atoms with van der Waals surface area (Å²) in [4.78, 5) is 24.1. The fraction of sp³-hybridized carbons (Fsp3) is 0.278. The Morgan fingerprint density at radius 2 is 1.75 bits per heavy atom. The second-order valence-electron chi connectivity index (χ2n) is 5.75. The minimum absolute atomic E-state index is 0.0387. The number of amides is 1. The van der Waals surface area contributed by atoms with Crippen molar-refractivity contribution in [2.75, 3.05) is 24.9 Å². The average Bonchev–Trinajstić information content (AvgIpc) is 2.68. The van der Waals surface area contributed by atoms with Crippen LogP contribution in [0.15, 0.2) is 47.4 Å². The molecule has 0 radical (unpaired) electrons. The van der Waals surface area contributed by atoms with Crippen molar-refractivity contribution in [1.29, 1.82) is 0 Å². The fourth-order valence-corrected chi connectivity index (χ4v) is 3.65. The number of nitro groups is 1. The van der Waals surface area contributed by atoms with E-state index in [1.165, 1.54) is 43.5 Å². The van der Waals surface area contributed by atoms with Crippen LogP contribution in [0, 0.1) is 10.1 Å². The summed E-state index contributed by atoms with van der Waals surface area (Å²) in [5, 5.41) is 11.1. The third kappa shape index (κ3) is 4.58. The average molecular weight is 407 g/mol. The number of nitro benzene ring substituents is 1. The molecule has 9 nitrogen and oxygen atoms in total. The van der Waals surface area contributed by atoms with Crippen LogP contribution in [0.1, 0.15) is 24.2 Å². The number of rotatable bonds is 8. The molecular weight excluding hydrogens is 386 g/mol. The first-order valence-corrected chi connectivity index (χ1v) is 9.96. The third-order valence-corrected chi connectivity index (χ3v) is 5.47. The first-order chi connectivity index (χ1) is 13.2. The lowest BCUT2D eigenvalue weighted by Crippen LogP contribution is -2.30. The van der Waals surface area contributed by atoms with E-state index in [9.17, 15) is 23.3 Å².